The third kappa shape index (κ3) is 2.33. The fraction of sp³-hybridized carbons (Fsp3) is 0.900. The van der Waals surface area contributed by atoms with Gasteiger partial charge in [-0.1, -0.05) is 6.42 Å². The molecule has 15 heavy (non-hydrogen) atoms. The number of carbonyl (C=O) groups excluding carboxylic acids is 1. The molecule has 1 amide bonds. The molecule has 2 rings (SSSR count). The van der Waals surface area contributed by atoms with Crippen LogP contribution in [0, 0.1) is 5.92 Å². The van der Waals surface area contributed by atoms with Gasteiger partial charge < -0.3 is 5.32 Å². The molecule has 4 nitrogen and oxygen atoms in total. The molecule has 1 saturated heterocycles. The zero-order valence-corrected chi connectivity index (χ0v) is 9.77. The first-order chi connectivity index (χ1) is 6.90. The van der Waals surface area contributed by atoms with E-state index in [2.05, 4.69) is 5.32 Å². The number of carbonyl (C=O) groups is 1. The first-order valence-corrected chi connectivity index (χ1v) is 7.25. The van der Waals surface area contributed by atoms with Gasteiger partial charge in [0.05, 0.1) is 17.0 Å². The van der Waals surface area contributed by atoms with Crippen molar-refractivity contribution in [1.82, 2.24) is 5.32 Å². The standard InChI is InChI=1S/C10H17NO3S/c1-10(5-6-15(13,14)7-10)11-9(12)8-3-2-4-8/h8H,2-7H2,1H3,(H,11,12)/t10-/m1/s1. The summed E-state index contributed by atoms with van der Waals surface area (Å²) >= 11 is 0. The van der Waals surface area contributed by atoms with Crippen molar-refractivity contribution in [3.63, 3.8) is 0 Å². The Morgan fingerprint density at radius 1 is 1.40 bits per heavy atom. The molecule has 1 N–H and O–H groups in total. The number of sulfone groups is 1. The van der Waals surface area contributed by atoms with Crippen LogP contribution in [-0.4, -0.2) is 31.4 Å². The average molecular weight is 231 g/mol. The van der Waals surface area contributed by atoms with Gasteiger partial charge in [0, 0.05) is 5.92 Å². The smallest absolute Gasteiger partial charge is 0.223 e. The molecule has 1 atom stereocenters. The van der Waals surface area contributed by atoms with Crippen LogP contribution in [0.25, 0.3) is 0 Å². The maximum Gasteiger partial charge on any atom is 0.223 e. The second kappa shape index (κ2) is 3.47. The number of hydrogen-bond donors (Lipinski definition) is 1. The highest BCUT2D eigenvalue weighted by Crippen LogP contribution is 2.29. The lowest BCUT2D eigenvalue weighted by atomic mass is 9.84. The van der Waals surface area contributed by atoms with Crippen LogP contribution >= 0.6 is 0 Å². The van der Waals surface area contributed by atoms with Gasteiger partial charge in [-0.05, 0) is 26.2 Å². The minimum atomic E-state index is -2.93. The van der Waals surface area contributed by atoms with Gasteiger partial charge in [-0.25, -0.2) is 8.42 Å². The Morgan fingerprint density at radius 2 is 2.07 bits per heavy atom. The largest absolute Gasteiger partial charge is 0.350 e. The van der Waals surface area contributed by atoms with E-state index in [0.29, 0.717) is 6.42 Å². The number of rotatable bonds is 2. The Hall–Kier alpha value is -0.580. The molecule has 0 unspecified atom stereocenters. The highest BCUT2D eigenvalue weighted by Gasteiger charge is 2.40. The molecule has 1 aliphatic carbocycles. The highest BCUT2D eigenvalue weighted by atomic mass is 32.2. The SMILES string of the molecule is C[C@@]1(NC(=O)C2CCC2)CCS(=O)(=O)C1. The minimum Gasteiger partial charge on any atom is -0.350 e. The molecule has 1 saturated carbocycles. The molecule has 0 radical (unpaired) electrons. The Labute approximate surface area is 90.3 Å². The van der Waals surface area contributed by atoms with Gasteiger partial charge in [-0.15, -0.1) is 0 Å². The van der Waals surface area contributed by atoms with Crippen LogP contribution in [0.4, 0.5) is 0 Å². The Balaban J connectivity index is 1.96. The van der Waals surface area contributed by atoms with E-state index in [0.717, 1.165) is 19.3 Å². The number of nitrogens with one attached hydrogen (secondary N) is 1. The van der Waals surface area contributed by atoms with Crippen LogP contribution in [0.1, 0.15) is 32.6 Å². The Morgan fingerprint density at radius 3 is 2.47 bits per heavy atom. The summed E-state index contributed by atoms with van der Waals surface area (Å²) in [4.78, 5) is 11.7. The van der Waals surface area contributed by atoms with Crippen LogP contribution in [0.2, 0.25) is 0 Å². The quantitative estimate of drug-likeness (QED) is 0.752. The van der Waals surface area contributed by atoms with Crippen LogP contribution in [-0.2, 0) is 14.6 Å². The predicted molar refractivity (Wildman–Crippen MR) is 57.2 cm³/mol. The first kappa shape index (κ1) is 10.9. The summed E-state index contributed by atoms with van der Waals surface area (Å²) < 4.78 is 22.7. The first-order valence-electron chi connectivity index (χ1n) is 5.43. The van der Waals surface area contributed by atoms with Gasteiger partial charge in [0.15, 0.2) is 9.84 Å². The molecule has 2 fully saturated rings. The second-order valence-electron chi connectivity index (χ2n) is 5.02. The normalized spacial score (nSPS) is 34.7. The summed E-state index contributed by atoms with van der Waals surface area (Å²) in [6, 6.07) is 0. The maximum atomic E-state index is 11.7. The van der Waals surface area contributed by atoms with E-state index in [4.69, 9.17) is 0 Å². The third-order valence-corrected chi connectivity index (χ3v) is 5.31. The van der Waals surface area contributed by atoms with Crippen molar-refractivity contribution in [3.05, 3.63) is 0 Å². The second-order valence-corrected chi connectivity index (χ2v) is 7.20. The molecular formula is C10H17NO3S. The zero-order chi connectivity index (χ0) is 11.1. The van der Waals surface area contributed by atoms with Crippen molar-refractivity contribution in [3.8, 4) is 0 Å². The lowest BCUT2D eigenvalue weighted by molar-refractivity contribution is -0.128. The van der Waals surface area contributed by atoms with Gasteiger partial charge in [-0.3, -0.25) is 4.79 Å². The van der Waals surface area contributed by atoms with Gasteiger partial charge in [0.1, 0.15) is 0 Å². The lowest BCUT2D eigenvalue weighted by Gasteiger charge is -2.30. The fourth-order valence-electron chi connectivity index (χ4n) is 2.18. The van der Waals surface area contributed by atoms with Crippen molar-refractivity contribution in [2.75, 3.05) is 11.5 Å². The topological polar surface area (TPSA) is 63.2 Å². The summed E-state index contributed by atoms with van der Waals surface area (Å²) in [5, 5.41) is 2.89. The molecule has 1 heterocycles. The van der Waals surface area contributed by atoms with Crippen molar-refractivity contribution in [2.24, 2.45) is 5.92 Å². The lowest BCUT2D eigenvalue weighted by Crippen LogP contribution is -2.50. The molecule has 0 aromatic heterocycles. The molecule has 86 valence electrons. The number of hydrogen-bond acceptors (Lipinski definition) is 3. The molecule has 2 aliphatic rings. The molecule has 5 heteroatoms. The van der Waals surface area contributed by atoms with Gasteiger partial charge >= 0.3 is 0 Å². The van der Waals surface area contributed by atoms with Crippen molar-refractivity contribution >= 4 is 15.7 Å². The summed E-state index contributed by atoms with van der Waals surface area (Å²) in [5.41, 5.74) is -0.522. The van der Waals surface area contributed by atoms with Crippen molar-refractivity contribution in [1.29, 1.82) is 0 Å². The summed E-state index contributed by atoms with van der Waals surface area (Å²) in [7, 11) is -2.93. The highest BCUT2D eigenvalue weighted by molar-refractivity contribution is 7.91. The average Bonchev–Trinajstić information content (AvgIpc) is 2.20. The number of amides is 1. The van der Waals surface area contributed by atoms with Crippen molar-refractivity contribution < 1.29 is 13.2 Å². The van der Waals surface area contributed by atoms with E-state index in [-0.39, 0.29) is 23.3 Å². The fourth-order valence-corrected chi connectivity index (χ4v) is 4.27. The maximum absolute atomic E-state index is 11.7. The Bertz CT molecular complexity index is 372. The molecule has 0 aromatic carbocycles. The van der Waals surface area contributed by atoms with E-state index in [1.807, 2.05) is 6.92 Å². The van der Waals surface area contributed by atoms with Crippen LogP contribution in [0.15, 0.2) is 0 Å². The van der Waals surface area contributed by atoms with Gasteiger partial charge in [-0.2, -0.15) is 0 Å². The zero-order valence-electron chi connectivity index (χ0n) is 8.95. The van der Waals surface area contributed by atoms with E-state index in [9.17, 15) is 13.2 Å². The summed E-state index contributed by atoms with van der Waals surface area (Å²) in [6.07, 6.45) is 3.57. The predicted octanol–water partition coefficient (Wildman–Crippen LogP) is 0.480. The monoisotopic (exact) mass is 231 g/mol. The van der Waals surface area contributed by atoms with Crippen molar-refractivity contribution in [2.45, 2.75) is 38.1 Å². The van der Waals surface area contributed by atoms with E-state index in [1.54, 1.807) is 0 Å². The summed E-state index contributed by atoms with van der Waals surface area (Å²) in [5.74, 6) is 0.471. The van der Waals surface area contributed by atoms with E-state index >= 15 is 0 Å². The molecule has 0 bridgehead atoms. The van der Waals surface area contributed by atoms with E-state index < -0.39 is 15.4 Å². The van der Waals surface area contributed by atoms with Crippen LogP contribution < -0.4 is 5.32 Å². The van der Waals surface area contributed by atoms with Crippen LogP contribution in [0.3, 0.4) is 0 Å². The minimum absolute atomic E-state index is 0.0425. The molecule has 1 aliphatic heterocycles. The van der Waals surface area contributed by atoms with Gasteiger partial charge in [0.25, 0.3) is 0 Å². The van der Waals surface area contributed by atoms with Crippen LogP contribution in [0.5, 0.6) is 0 Å². The molecular weight excluding hydrogens is 214 g/mol. The van der Waals surface area contributed by atoms with E-state index in [1.165, 1.54) is 0 Å². The third-order valence-electron chi connectivity index (χ3n) is 3.40. The summed E-state index contributed by atoms with van der Waals surface area (Å²) in [6.45, 7) is 1.83. The van der Waals surface area contributed by atoms with Gasteiger partial charge in [0.2, 0.25) is 5.91 Å². The molecule has 0 aromatic rings. The molecule has 0 spiro atoms. The Kier molecular flexibility index (Phi) is 2.53.